The van der Waals surface area contributed by atoms with Crippen molar-refractivity contribution in [1.82, 2.24) is 0 Å². The molecule has 1 aliphatic carbocycles. The second-order valence-corrected chi connectivity index (χ2v) is 6.16. The smallest absolute Gasteiger partial charge is 0.0456 e. The van der Waals surface area contributed by atoms with Crippen LogP contribution >= 0.6 is 11.6 Å². The van der Waals surface area contributed by atoms with Gasteiger partial charge in [-0.1, -0.05) is 49.9 Å². The van der Waals surface area contributed by atoms with Crippen LogP contribution in [0.3, 0.4) is 0 Å². The molecule has 0 radical (unpaired) electrons. The number of hydrogen-bond donors (Lipinski definition) is 1. The van der Waals surface area contributed by atoms with Crippen LogP contribution in [-0.4, -0.2) is 0 Å². The van der Waals surface area contributed by atoms with Crippen LogP contribution in [0, 0.1) is 18.8 Å². The Hall–Kier alpha value is -0.530. The minimum absolute atomic E-state index is 0.104. The van der Waals surface area contributed by atoms with Crippen LogP contribution in [0.2, 0.25) is 5.02 Å². The van der Waals surface area contributed by atoms with Crippen molar-refractivity contribution >= 4 is 11.6 Å². The van der Waals surface area contributed by atoms with E-state index in [-0.39, 0.29) is 6.04 Å². The molecule has 2 heteroatoms. The molecule has 1 nitrogen and oxygen atoms in total. The Bertz CT molecular complexity index is 402. The van der Waals surface area contributed by atoms with E-state index in [4.69, 9.17) is 17.3 Å². The first kappa shape index (κ1) is 13.9. The van der Waals surface area contributed by atoms with Crippen LogP contribution in [0.25, 0.3) is 0 Å². The SMILES string of the molecule is CCC1CCCC(C(N)c2ccc(C)cc2Cl)C1. The Morgan fingerprint density at radius 3 is 2.83 bits per heavy atom. The van der Waals surface area contributed by atoms with E-state index >= 15 is 0 Å². The molecule has 0 bridgehead atoms. The van der Waals surface area contributed by atoms with Crippen LogP contribution < -0.4 is 5.73 Å². The fraction of sp³-hybridized carbons (Fsp3) is 0.625. The number of hydrogen-bond acceptors (Lipinski definition) is 1. The van der Waals surface area contributed by atoms with Gasteiger partial charge in [-0.2, -0.15) is 0 Å². The van der Waals surface area contributed by atoms with Crippen molar-refractivity contribution in [2.45, 2.75) is 52.0 Å². The number of benzene rings is 1. The zero-order chi connectivity index (χ0) is 13.1. The quantitative estimate of drug-likeness (QED) is 0.829. The maximum atomic E-state index is 6.45. The van der Waals surface area contributed by atoms with Crippen molar-refractivity contribution in [3.63, 3.8) is 0 Å². The molecule has 3 unspecified atom stereocenters. The first-order chi connectivity index (χ1) is 8.61. The average molecular weight is 266 g/mol. The topological polar surface area (TPSA) is 26.0 Å². The lowest BCUT2D eigenvalue weighted by molar-refractivity contribution is 0.230. The van der Waals surface area contributed by atoms with Gasteiger partial charge in [0.1, 0.15) is 0 Å². The van der Waals surface area contributed by atoms with Gasteiger partial charge in [-0.15, -0.1) is 0 Å². The monoisotopic (exact) mass is 265 g/mol. The molecular formula is C16H24ClN. The Balaban J connectivity index is 2.12. The molecule has 1 saturated carbocycles. The molecule has 0 amide bonds. The third-order valence-electron chi connectivity index (χ3n) is 4.42. The van der Waals surface area contributed by atoms with E-state index in [9.17, 15) is 0 Å². The lowest BCUT2D eigenvalue weighted by atomic mass is 9.75. The van der Waals surface area contributed by atoms with Gasteiger partial charge in [-0.25, -0.2) is 0 Å². The van der Waals surface area contributed by atoms with E-state index in [1.54, 1.807) is 0 Å². The van der Waals surface area contributed by atoms with E-state index in [2.05, 4.69) is 26.0 Å². The van der Waals surface area contributed by atoms with Gasteiger partial charge >= 0.3 is 0 Å². The number of rotatable bonds is 3. The Kier molecular flexibility index (Phi) is 4.69. The molecule has 3 atom stereocenters. The highest BCUT2D eigenvalue weighted by Gasteiger charge is 2.27. The summed E-state index contributed by atoms with van der Waals surface area (Å²) in [7, 11) is 0. The molecule has 0 heterocycles. The molecule has 2 rings (SSSR count). The molecule has 0 aliphatic heterocycles. The summed E-state index contributed by atoms with van der Waals surface area (Å²) in [5.41, 5.74) is 8.78. The Morgan fingerprint density at radius 2 is 2.17 bits per heavy atom. The van der Waals surface area contributed by atoms with Gasteiger partial charge in [0.05, 0.1) is 0 Å². The highest BCUT2D eigenvalue weighted by atomic mass is 35.5. The van der Waals surface area contributed by atoms with E-state index < -0.39 is 0 Å². The second kappa shape index (κ2) is 6.08. The highest BCUT2D eigenvalue weighted by molar-refractivity contribution is 6.31. The highest BCUT2D eigenvalue weighted by Crippen LogP contribution is 2.39. The fourth-order valence-corrected chi connectivity index (χ4v) is 3.55. The van der Waals surface area contributed by atoms with Gasteiger partial charge in [0, 0.05) is 11.1 Å². The van der Waals surface area contributed by atoms with Gasteiger partial charge in [0.15, 0.2) is 0 Å². The number of nitrogens with two attached hydrogens (primary N) is 1. The van der Waals surface area contributed by atoms with E-state index in [1.165, 1.54) is 37.7 Å². The van der Waals surface area contributed by atoms with Gasteiger partial charge in [0.2, 0.25) is 0 Å². The third kappa shape index (κ3) is 3.07. The summed E-state index contributed by atoms with van der Waals surface area (Å²) in [6.45, 7) is 4.35. The van der Waals surface area contributed by atoms with Crippen LogP contribution in [0.4, 0.5) is 0 Å². The van der Waals surface area contributed by atoms with Gasteiger partial charge in [-0.05, 0) is 48.8 Å². The Morgan fingerprint density at radius 1 is 1.39 bits per heavy atom. The summed E-state index contributed by atoms with van der Waals surface area (Å²) in [6, 6.07) is 6.35. The van der Waals surface area contributed by atoms with Crippen LogP contribution in [0.5, 0.6) is 0 Å². The molecule has 1 aliphatic rings. The molecule has 0 saturated heterocycles. The van der Waals surface area contributed by atoms with Crippen LogP contribution in [0.1, 0.15) is 56.2 Å². The zero-order valence-electron chi connectivity index (χ0n) is 11.5. The summed E-state index contributed by atoms with van der Waals surface area (Å²) in [5, 5.41) is 0.834. The molecule has 1 aromatic rings. The lowest BCUT2D eigenvalue weighted by Gasteiger charge is -2.33. The molecule has 1 fully saturated rings. The summed E-state index contributed by atoms with van der Waals surface area (Å²) in [6.07, 6.45) is 6.50. The molecular weight excluding hydrogens is 242 g/mol. The first-order valence-corrected chi connectivity index (χ1v) is 7.51. The average Bonchev–Trinajstić information content (AvgIpc) is 2.38. The zero-order valence-corrected chi connectivity index (χ0v) is 12.2. The van der Waals surface area contributed by atoms with Crippen molar-refractivity contribution in [3.05, 3.63) is 34.3 Å². The molecule has 18 heavy (non-hydrogen) atoms. The molecule has 1 aromatic carbocycles. The van der Waals surface area contributed by atoms with E-state index in [1.807, 2.05) is 6.07 Å². The van der Waals surface area contributed by atoms with Crippen molar-refractivity contribution in [1.29, 1.82) is 0 Å². The molecule has 100 valence electrons. The van der Waals surface area contributed by atoms with Gasteiger partial charge in [-0.3, -0.25) is 0 Å². The maximum Gasteiger partial charge on any atom is 0.0456 e. The minimum Gasteiger partial charge on any atom is -0.324 e. The normalized spacial score (nSPS) is 26.0. The molecule has 2 N–H and O–H groups in total. The van der Waals surface area contributed by atoms with Crippen molar-refractivity contribution in [2.75, 3.05) is 0 Å². The largest absolute Gasteiger partial charge is 0.324 e. The minimum atomic E-state index is 0.104. The predicted octanol–water partition coefficient (Wildman–Crippen LogP) is 4.86. The van der Waals surface area contributed by atoms with E-state index in [0.717, 1.165) is 16.5 Å². The van der Waals surface area contributed by atoms with Gasteiger partial charge in [0.25, 0.3) is 0 Å². The summed E-state index contributed by atoms with van der Waals surface area (Å²) >= 11 is 6.33. The number of halogens is 1. The predicted molar refractivity (Wildman–Crippen MR) is 78.9 cm³/mol. The van der Waals surface area contributed by atoms with Crippen LogP contribution in [-0.2, 0) is 0 Å². The molecule has 0 spiro atoms. The summed E-state index contributed by atoms with van der Waals surface area (Å²) in [5.74, 6) is 1.46. The van der Waals surface area contributed by atoms with Crippen molar-refractivity contribution in [2.24, 2.45) is 17.6 Å². The van der Waals surface area contributed by atoms with E-state index in [0.29, 0.717) is 5.92 Å². The summed E-state index contributed by atoms with van der Waals surface area (Å²) < 4.78 is 0. The Labute approximate surface area is 116 Å². The fourth-order valence-electron chi connectivity index (χ4n) is 3.19. The number of aryl methyl sites for hydroxylation is 1. The third-order valence-corrected chi connectivity index (χ3v) is 4.75. The van der Waals surface area contributed by atoms with Crippen molar-refractivity contribution < 1.29 is 0 Å². The lowest BCUT2D eigenvalue weighted by Crippen LogP contribution is -2.27. The van der Waals surface area contributed by atoms with Gasteiger partial charge < -0.3 is 5.73 Å². The standard InChI is InChI=1S/C16H24ClN/c1-3-12-5-4-6-13(10-12)16(18)14-8-7-11(2)9-15(14)17/h7-9,12-13,16H,3-6,10,18H2,1-2H3. The maximum absolute atomic E-state index is 6.45. The van der Waals surface area contributed by atoms with Crippen molar-refractivity contribution in [3.8, 4) is 0 Å². The molecule has 0 aromatic heterocycles. The van der Waals surface area contributed by atoms with Crippen LogP contribution in [0.15, 0.2) is 18.2 Å². The second-order valence-electron chi connectivity index (χ2n) is 5.75. The first-order valence-electron chi connectivity index (χ1n) is 7.13. The summed E-state index contributed by atoms with van der Waals surface area (Å²) in [4.78, 5) is 0.